The second-order valence-corrected chi connectivity index (χ2v) is 15.4. The Morgan fingerprint density at radius 2 is 1.20 bits per heavy atom. The van der Waals surface area contributed by atoms with Crippen molar-refractivity contribution in [3.05, 3.63) is 148 Å². The van der Waals surface area contributed by atoms with E-state index in [-0.39, 0.29) is 30.7 Å². The predicted octanol–water partition coefficient (Wildman–Crippen LogP) is 11.5. The number of hydrogen-bond acceptors (Lipinski definition) is 4. The summed E-state index contributed by atoms with van der Waals surface area (Å²) in [6.45, 7) is 15.4. The maximum absolute atomic E-state index is 12.1. The summed E-state index contributed by atoms with van der Waals surface area (Å²) in [5, 5.41) is 28.4. The number of hydrogen-bond donors (Lipinski definition) is 4. The third-order valence-electron chi connectivity index (χ3n) is 11.6. The van der Waals surface area contributed by atoms with Crippen LogP contribution in [0.3, 0.4) is 0 Å². The lowest BCUT2D eigenvalue weighted by Gasteiger charge is -2.49. The van der Waals surface area contributed by atoms with E-state index < -0.39 is 11.8 Å². The first-order valence-electron chi connectivity index (χ1n) is 17.7. The zero-order chi connectivity index (χ0) is 34.2. The normalized spacial score (nSPS) is 22.6. The fraction of sp³-hybridized carbons (Fsp3) is 0.304. The number of aryl methyl sites for hydroxylation is 3. The highest BCUT2D eigenvalue weighted by Gasteiger charge is 2.49. The van der Waals surface area contributed by atoms with E-state index in [4.69, 9.17) is 0 Å². The van der Waals surface area contributed by atoms with E-state index in [1.54, 1.807) is 0 Å². The molecule has 2 aliphatic rings. The molecule has 1 aliphatic carbocycles. The molecule has 0 radical (unpaired) electrons. The Kier molecular flexibility index (Phi) is 8.22. The summed E-state index contributed by atoms with van der Waals surface area (Å²) in [6.07, 6.45) is -0.485. The molecule has 1 aliphatic heterocycles. The van der Waals surface area contributed by atoms with Crippen LogP contribution in [0.25, 0.3) is 21.5 Å². The molecule has 4 nitrogen and oxygen atoms in total. The Labute approximate surface area is 298 Å². The van der Waals surface area contributed by atoms with E-state index in [2.05, 4.69) is 174 Å². The second kappa shape index (κ2) is 12.2. The molecule has 1 fully saturated rings. The average Bonchev–Trinajstić information content (AvgIpc) is 3.07. The molecule has 5 unspecified atom stereocenters. The van der Waals surface area contributed by atoms with Gasteiger partial charge in [0.2, 0.25) is 0 Å². The van der Waals surface area contributed by atoms with Crippen LogP contribution in [0.4, 0.5) is 17.1 Å². The van der Waals surface area contributed by atoms with Crippen molar-refractivity contribution in [3.8, 4) is 0 Å². The van der Waals surface area contributed by atoms with Gasteiger partial charge >= 0.3 is 0 Å². The first kappa shape index (κ1) is 33.7. The SMILES string of the molecule is C.Cc1ccc(C(C)(C)Nc2cccc3c(C4C(C)C(c5ccc6c7c(cccc57)NC(C)(c5ccc(C)cc5)N6)C4O)ccc(C)c23)cc1. The number of fused-ring (bicyclic) bond motifs is 1. The first-order chi connectivity index (χ1) is 23.4. The van der Waals surface area contributed by atoms with Crippen LogP contribution in [0, 0.1) is 26.7 Å². The topological polar surface area (TPSA) is 56.3 Å². The monoisotopic (exact) mass is 661 g/mol. The Hall–Kier alpha value is -4.80. The highest BCUT2D eigenvalue weighted by molar-refractivity contribution is 6.07. The van der Waals surface area contributed by atoms with Gasteiger partial charge in [0.1, 0.15) is 5.66 Å². The number of benzene rings is 6. The molecule has 256 valence electrons. The minimum absolute atomic E-state index is 0. The van der Waals surface area contributed by atoms with E-state index in [0.717, 1.165) is 17.1 Å². The van der Waals surface area contributed by atoms with E-state index >= 15 is 0 Å². The molecule has 4 heteroatoms. The number of rotatable bonds is 6. The molecule has 1 saturated carbocycles. The van der Waals surface area contributed by atoms with Crippen LogP contribution in [0.5, 0.6) is 0 Å². The van der Waals surface area contributed by atoms with Gasteiger partial charge in [-0.2, -0.15) is 0 Å². The summed E-state index contributed by atoms with van der Waals surface area (Å²) in [6, 6.07) is 39.6. The van der Waals surface area contributed by atoms with Gasteiger partial charge in [-0.25, -0.2) is 0 Å². The third kappa shape index (κ3) is 5.32. The highest BCUT2D eigenvalue weighted by atomic mass is 16.3. The van der Waals surface area contributed by atoms with Crippen LogP contribution >= 0.6 is 0 Å². The van der Waals surface area contributed by atoms with Crippen LogP contribution in [0.15, 0.2) is 109 Å². The number of aliphatic hydroxyl groups excluding tert-OH is 1. The van der Waals surface area contributed by atoms with Crippen LogP contribution in [0.1, 0.15) is 85.9 Å². The van der Waals surface area contributed by atoms with Crippen LogP contribution < -0.4 is 16.0 Å². The number of aliphatic hydroxyl groups is 1. The van der Waals surface area contributed by atoms with E-state index in [1.807, 2.05) is 0 Å². The molecule has 0 saturated heterocycles. The maximum atomic E-state index is 12.1. The summed E-state index contributed by atoms with van der Waals surface area (Å²) in [4.78, 5) is 0. The van der Waals surface area contributed by atoms with Crippen molar-refractivity contribution in [1.82, 2.24) is 0 Å². The lowest BCUT2D eigenvalue weighted by Crippen LogP contribution is -2.46. The summed E-state index contributed by atoms with van der Waals surface area (Å²) in [5.41, 5.74) is 11.3. The lowest BCUT2D eigenvalue weighted by atomic mass is 9.57. The number of nitrogens with one attached hydrogen (secondary N) is 3. The highest BCUT2D eigenvalue weighted by Crippen LogP contribution is 2.56. The van der Waals surface area contributed by atoms with Crippen molar-refractivity contribution in [1.29, 1.82) is 0 Å². The van der Waals surface area contributed by atoms with Gasteiger partial charge in [0.25, 0.3) is 0 Å². The van der Waals surface area contributed by atoms with Gasteiger partial charge in [-0.3, -0.25) is 0 Å². The second-order valence-electron chi connectivity index (χ2n) is 15.4. The fourth-order valence-corrected chi connectivity index (χ4v) is 8.77. The molecule has 6 aromatic rings. The molecule has 0 aromatic heterocycles. The summed E-state index contributed by atoms with van der Waals surface area (Å²) < 4.78 is 0. The van der Waals surface area contributed by atoms with Crippen molar-refractivity contribution < 1.29 is 5.11 Å². The van der Waals surface area contributed by atoms with Crippen LogP contribution in [0.2, 0.25) is 0 Å². The van der Waals surface area contributed by atoms with Gasteiger partial charge in [0.15, 0.2) is 0 Å². The molecule has 0 bridgehead atoms. The third-order valence-corrected chi connectivity index (χ3v) is 11.6. The fourth-order valence-electron chi connectivity index (χ4n) is 8.77. The summed E-state index contributed by atoms with van der Waals surface area (Å²) in [7, 11) is 0. The molecule has 0 spiro atoms. The van der Waals surface area contributed by atoms with Gasteiger partial charge in [0, 0.05) is 39.7 Å². The quantitative estimate of drug-likeness (QED) is 0.143. The summed E-state index contributed by atoms with van der Waals surface area (Å²) >= 11 is 0. The molecular formula is C46H51N3O. The van der Waals surface area contributed by atoms with Crippen LogP contribution in [-0.2, 0) is 11.2 Å². The van der Waals surface area contributed by atoms with Gasteiger partial charge in [0.05, 0.1) is 11.6 Å². The average molecular weight is 662 g/mol. The Morgan fingerprint density at radius 3 is 1.82 bits per heavy atom. The van der Waals surface area contributed by atoms with Crippen LogP contribution in [-0.4, -0.2) is 11.2 Å². The molecule has 0 amide bonds. The zero-order valence-corrected chi connectivity index (χ0v) is 29.6. The van der Waals surface area contributed by atoms with Crippen molar-refractivity contribution in [2.24, 2.45) is 5.92 Å². The first-order valence-corrected chi connectivity index (χ1v) is 17.7. The van der Waals surface area contributed by atoms with Crippen molar-refractivity contribution in [3.63, 3.8) is 0 Å². The van der Waals surface area contributed by atoms with Crippen molar-refractivity contribution in [2.45, 2.75) is 85.0 Å². The van der Waals surface area contributed by atoms with Gasteiger partial charge in [-0.05, 0) is 104 Å². The molecule has 8 rings (SSSR count). The van der Waals surface area contributed by atoms with Crippen molar-refractivity contribution >= 4 is 38.6 Å². The largest absolute Gasteiger partial charge is 0.392 e. The van der Waals surface area contributed by atoms with E-state index in [9.17, 15) is 5.11 Å². The zero-order valence-electron chi connectivity index (χ0n) is 29.6. The van der Waals surface area contributed by atoms with E-state index in [0.29, 0.717) is 0 Å². The maximum Gasteiger partial charge on any atom is 0.131 e. The standard InChI is InChI=1S/C45H47N3O.CH4/c1-26-14-19-30(20-15-26)44(5,6)46-36-12-8-10-32-34(23-18-28(3)39(32)36)40-29(4)41(43(40)49)35-24-25-38-42-33(35)11-9-13-37(42)47-45(7,48-38)31-21-16-27(2)17-22-31;/h8-25,29,40-41,43,46-49H,1-7H3;1H4. The molecule has 50 heavy (non-hydrogen) atoms. The summed E-state index contributed by atoms with van der Waals surface area (Å²) in [5.74, 6) is 0.346. The molecule has 5 atom stereocenters. The molecular weight excluding hydrogens is 611 g/mol. The lowest BCUT2D eigenvalue weighted by molar-refractivity contribution is -0.00924. The van der Waals surface area contributed by atoms with Crippen molar-refractivity contribution in [2.75, 3.05) is 16.0 Å². The minimum Gasteiger partial charge on any atom is -0.392 e. The van der Waals surface area contributed by atoms with Gasteiger partial charge in [-0.15, -0.1) is 0 Å². The Bertz CT molecular complexity index is 2190. The minimum atomic E-state index is -0.485. The van der Waals surface area contributed by atoms with Gasteiger partial charge in [-0.1, -0.05) is 116 Å². The van der Waals surface area contributed by atoms with E-state index in [1.165, 1.54) is 60.5 Å². The molecule has 6 aromatic carbocycles. The predicted molar refractivity (Wildman–Crippen MR) is 214 cm³/mol. The smallest absolute Gasteiger partial charge is 0.131 e. The Balaban J connectivity index is 0.00000392. The van der Waals surface area contributed by atoms with Gasteiger partial charge < -0.3 is 21.1 Å². The molecule has 4 N–H and O–H groups in total. The molecule has 1 heterocycles. The number of anilines is 3. The Morgan fingerprint density at radius 1 is 0.660 bits per heavy atom.